The third-order valence-corrected chi connectivity index (χ3v) is 11.6. The van der Waals surface area contributed by atoms with Gasteiger partial charge in [-0.05, 0) is 36.7 Å². The minimum atomic E-state index is -2.27. The molecule has 0 heterocycles. The molecule has 0 bridgehead atoms. The first kappa shape index (κ1) is 31.4. The van der Waals surface area contributed by atoms with Crippen LogP contribution in [0.15, 0.2) is 24.3 Å². The molecule has 0 aliphatic rings. The summed E-state index contributed by atoms with van der Waals surface area (Å²) in [5.74, 6) is -0.872. The van der Waals surface area contributed by atoms with Crippen molar-refractivity contribution in [2.45, 2.75) is 136 Å². The predicted molar refractivity (Wildman–Crippen MR) is 150 cm³/mol. The first-order valence-corrected chi connectivity index (χ1v) is 17.0. The quantitative estimate of drug-likeness (QED) is 0.113. The molecule has 0 amide bonds. The summed E-state index contributed by atoms with van der Waals surface area (Å²) in [7, 11) is -2.27. The van der Waals surface area contributed by atoms with Crippen molar-refractivity contribution in [3.8, 4) is 0 Å². The van der Waals surface area contributed by atoms with Crippen molar-refractivity contribution in [1.29, 1.82) is 0 Å². The molecule has 0 radical (unpaired) electrons. The summed E-state index contributed by atoms with van der Waals surface area (Å²) in [5, 5.41) is -0.0913. The lowest BCUT2D eigenvalue weighted by atomic mass is 10.0. The van der Waals surface area contributed by atoms with Crippen LogP contribution in [0, 0.1) is 0 Å². The molecule has 1 aromatic carbocycles. The second kappa shape index (κ2) is 16.9. The third kappa shape index (κ3) is 12.8. The van der Waals surface area contributed by atoms with Crippen LogP contribution in [-0.4, -0.2) is 26.9 Å². The zero-order valence-corrected chi connectivity index (χ0v) is 24.5. The van der Waals surface area contributed by atoms with E-state index in [0.29, 0.717) is 17.7 Å². The number of esters is 1. The highest BCUT2D eigenvalue weighted by atomic mass is 28.4. The lowest BCUT2D eigenvalue weighted by molar-refractivity contribution is 0.0488. The molecule has 0 aliphatic heterocycles. The van der Waals surface area contributed by atoms with Gasteiger partial charge in [-0.3, -0.25) is 0 Å². The molecule has 0 saturated heterocycles. The maximum atomic E-state index is 12.8. The van der Waals surface area contributed by atoms with Gasteiger partial charge in [0.15, 0.2) is 0 Å². The molecule has 5 heteroatoms. The van der Waals surface area contributed by atoms with E-state index in [0.717, 1.165) is 12.8 Å². The van der Waals surface area contributed by atoms with Gasteiger partial charge in [0.1, 0.15) is 0 Å². The Morgan fingerprint density at radius 2 is 1.09 bits per heavy atom. The number of hydrogen-bond donors (Lipinski definition) is 0. The van der Waals surface area contributed by atoms with Crippen LogP contribution in [0.1, 0.15) is 138 Å². The Morgan fingerprint density at radius 3 is 1.51 bits per heavy atom. The fourth-order valence-electron chi connectivity index (χ4n) is 3.82. The average Bonchev–Trinajstić information content (AvgIpc) is 2.80. The van der Waals surface area contributed by atoms with E-state index in [2.05, 4.69) is 27.7 Å². The van der Waals surface area contributed by atoms with Crippen molar-refractivity contribution < 1.29 is 18.8 Å². The smallest absolute Gasteiger partial charge is 0.339 e. The number of carbonyl (C=O) groups is 2. The Bertz CT molecular complexity index is 736. The molecule has 0 atom stereocenters. The zero-order chi connectivity index (χ0) is 26.2. The van der Waals surface area contributed by atoms with Gasteiger partial charge in [-0.1, -0.05) is 123 Å². The SMILES string of the molecule is CCCCCCCCCCCCCCCCOC(=O)c1ccccc1C(=O)O[Si](C)(C)C(C)(C)C. The number of benzene rings is 1. The molecule has 0 aliphatic carbocycles. The fraction of sp³-hybridized carbons (Fsp3) is 0.733. The van der Waals surface area contributed by atoms with Crippen molar-refractivity contribution in [3.05, 3.63) is 35.4 Å². The van der Waals surface area contributed by atoms with Crippen LogP contribution in [-0.2, 0) is 9.16 Å². The summed E-state index contributed by atoms with van der Waals surface area (Å²) in [6, 6.07) is 6.81. The van der Waals surface area contributed by atoms with Gasteiger partial charge in [-0.15, -0.1) is 0 Å². The van der Waals surface area contributed by atoms with Crippen LogP contribution < -0.4 is 0 Å². The number of ether oxygens (including phenoxy) is 1. The summed E-state index contributed by atoms with van der Waals surface area (Å²) < 4.78 is 11.4. The van der Waals surface area contributed by atoms with Gasteiger partial charge >= 0.3 is 11.9 Å². The van der Waals surface area contributed by atoms with E-state index in [1.807, 2.05) is 13.1 Å². The minimum Gasteiger partial charge on any atom is -0.516 e. The van der Waals surface area contributed by atoms with Gasteiger partial charge in [-0.25, -0.2) is 9.59 Å². The highest BCUT2D eigenvalue weighted by Crippen LogP contribution is 2.37. The van der Waals surface area contributed by atoms with Gasteiger partial charge in [0.25, 0.3) is 8.32 Å². The van der Waals surface area contributed by atoms with Crippen LogP contribution in [0.2, 0.25) is 18.1 Å². The first-order valence-electron chi connectivity index (χ1n) is 14.1. The van der Waals surface area contributed by atoms with Crippen molar-refractivity contribution in [2.24, 2.45) is 0 Å². The Hall–Kier alpha value is -1.62. The standard InChI is InChI=1S/C30H52O4Si/c1-7-8-9-10-11-12-13-14-15-16-17-18-19-22-25-33-28(31)26-23-20-21-24-27(26)29(32)34-35(5,6)30(2,3)4/h20-21,23-24H,7-19,22,25H2,1-6H3. The van der Waals surface area contributed by atoms with Gasteiger partial charge < -0.3 is 9.16 Å². The Kier molecular flexibility index (Phi) is 15.2. The molecule has 200 valence electrons. The number of hydrogen-bond acceptors (Lipinski definition) is 4. The van der Waals surface area contributed by atoms with Crippen molar-refractivity contribution in [1.82, 2.24) is 0 Å². The van der Waals surface area contributed by atoms with E-state index in [-0.39, 0.29) is 5.04 Å². The first-order chi connectivity index (χ1) is 16.6. The second-order valence-corrected chi connectivity index (χ2v) is 16.2. The Morgan fingerprint density at radius 1 is 0.686 bits per heavy atom. The maximum absolute atomic E-state index is 12.8. The molecule has 0 saturated carbocycles. The normalized spacial score (nSPS) is 11.9. The van der Waals surface area contributed by atoms with E-state index in [1.54, 1.807) is 24.3 Å². The number of carbonyl (C=O) groups excluding carboxylic acids is 2. The van der Waals surface area contributed by atoms with E-state index in [1.165, 1.54) is 77.0 Å². The fourth-order valence-corrected chi connectivity index (χ4v) is 4.70. The van der Waals surface area contributed by atoms with Crippen molar-refractivity contribution >= 4 is 20.3 Å². The Balaban J connectivity index is 2.23. The molecule has 0 aromatic heterocycles. The highest BCUT2D eigenvalue weighted by molar-refractivity contribution is 6.75. The number of unbranched alkanes of at least 4 members (excludes halogenated alkanes) is 13. The van der Waals surface area contributed by atoms with Crippen LogP contribution in [0.5, 0.6) is 0 Å². The summed E-state index contributed by atoms with van der Waals surface area (Å²) in [5.41, 5.74) is 0.588. The molecule has 1 rings (SSSR count). The highest BCUT2D eigenvalue weighted by Gasteiger charge is 2.41. The molecule has 0 unspecified atom stereocenters. The average molecular weight is 505 g/mol. The van der Waals surface area contributed by atoms with Crippen LogP contribution in [0.3, 0.4) is 0 Å². The van der Waals surface area contributed by atoms with E-state index in [4.69, 9.17) is 9.16 Å². The van der Waals surface area contributed by atoms with Crippen molar-refractivity contribution in [2.75, 3.05) is 6.61 Å². The molecule has 0 N–H and O–H groups in total. The van der Waals surface area contributed by atoms with E-state index >= 15 is 0 Å². The van der Waals surface area contributed by atoms with Gasteiger partial charge in [0.05, 0.1) is 17.7 Å². The van der Waals surface area contributed by atoms with Crippen LogP contribution >= 0.6 is 0 Å². The van der Waals surface area contributed by atoms with Crippen LogP contribution in [0.4, 0.5) is 0 Å². The zero-order valence-electron chi connectivity index (χ0n) is 23.5. The monoisotopic (exact) mass is 504 g/mol. The van der Waals surface area contributed by atoms with Crippen molar-refractivity contribution in [3.63, 3.8) is 0 Å². The summed E-state index contributed by atoms with van der Waals surface area (Å²) >= 11 is 0. The molecule has 0 spiro atoms. The lowest BCUT2D eigenvalue weighted by Gasteiger charge is -2.35. The van der Waals surface area contributed by atoms with E-state index < -0.39 is 20.3 Å². The molecular weight excluding hydrogens is 452 g/mol. The second-order valence-electron chi connectivity index (χ2n) is 11.4. The molecule has 1 aromatic rings. The molecular formula is C30H52O4Si. The van der Waals surface area contributed by atoms with Gasteiger partial charge in [0.2, 0.25) is 0 Å². The van der Waals surface area contributed by atoms with Gasteiger partial charge in [0, 0.05) is 0 Å². The maximum Gasteiger partial charge on any atom is 0.339 e. The minimum absolute atomic E-state index is 0.0913. The third-order valence-electron chi connectivity index (χ3n) is 7.25. The molecule has 35 heavy (non-hydrogen) atoms. The number of rotatable bonds is 18. The topological polar surface area (TPSA) is 52.6 Å². The van der Waals surface area contributed by atoms with Gasteiger partial charge in [-0.2, -0.15) is 0 Å². The summed E-state index contributed by atoms with van der Waals surface area (Å²) in [6.07, 6.45) is 18.1. The predicted octanol–water partition coefficient (Wildman–Crippen LogP) is 9.49. The lowest BCUT2D eigenvalue weighted by Crippen LogP contribution is -2.42. The summed E-state index contributed by atoms with van der Waals surface area (Å²) in [4.78, 5) is 25.5. The Labute approximate surface area is 216 Å². The van der Waals surface area contributed by atoms with Crippen LogP contribution in [0.25, 0.3) is 0 Å². The van der Waals surface area contributed by atoms with E-state index in [9.17, 15) is 9.59 Å². The molecule has 4 nitrogen and oxygen atoms in total. The molecule has 0 fully saturated rings. The largest absolute Gasteiger partial charge is 0.516 e. The summed E-state index contributed by atoms with van der Waals surface area (Å²) in [6.45, 7) is 13.0.